The molecule has 1 amide bonds. The van der Waals surface area contributed by atoms with E-state index in [0.717, 1.165) is 23.1 Å². The second-order valence-electron chi connectivity index (χ2n) is 6.00. The second kappa shape index (κ2) is 5.65. The van der Waals surface area contributed by atoms with Gasteiger partial charge in [-0.3, -0.25) is 4.79 Å². The van der Waals surface area contributed by atoms with Crippen LogP contribution in [0.4, 0.5) is 0 Å². The third-order valence-electron chi connectivity index (χ3n) is 4.54. The number of likely N-dealkylation sites (tertiary alicyclic amines) is 1. The number of benzene rings is 1. The Morgan fingerprint density at radius 1 is 1.45 bits per heavy atom. The van der Waals surface area contributed by atoms with Gasteiger partial charge in [0.05, 0.1) is 13.2 Å². The predicted octanol–water partition coefficient (Wildman–Crippen LogP) is 2.59. The number of nitrogens with zero attached hydrogens (tertiary/aromatic N) is 1. The van der Waals surface area contributed by atoms with Gasteiger partial charge >= 0.3 is 0 Å². The molecule has 0 saturated carbocycles. The second-order valence-corrected chi connectivity index (χ2v) is 6.00. The Bertz CT molecular complexity index is 706. The van der Waals surface area contributed by atoms with Crippen molar-refractivity contribution < 1.29 is 19.1 Å². The largest absolute Gasteiger partial charge is 0.497 e. The fourth-order valence-electron chi connectivity index (χ4n) is 2.91. The van der Waals surface area contributed by atoms with Gasteiger partial charge in [0.1, 0.15) is 11.3 Å². The average molecular weight is 303 g/mol. The summed E-state index contributed by atoms with van der Waals surface area (Å²) in [5.74, 6) is 1.16. The first-order valence-electron chi connectivity index (χ1n) is 7.55. The maximum atomic E-state index is 12.7. The first kappa shape index (κ1) is 14.9. The Labute approximate surface area is 129 Å². The zero-order valence-electron chi connectivity index (χ0n) is 13.1. The van der Waals surface area contributed by atoms with Gasteiger partial charge in [-0.05, 0) is 37.5 Å². The zero-order valence-corrected chi connectivity index (χ0v) is 13.1. The van der Waals surface area contributed by atoms with Crippen molar-refractivity contribution in [2.45, 2.75) is 26.4 Å². The van der Waals surface area contributed by atoms with Crippen LogP contribution in [0, 0.1) is 12.8 Å². The summed E-state index contributed by atoms with van der Waals surface area (Å²) in [6.45, 7) is 4.89. The van der Waals surface area contributed by atoms with Crippen LogP contribution in [-0.2, 0) is 0 Å². The first-order valence-corrected chi connectivity index (χ1v) is 7.55. The standard InChI is InChI=1S/C17H21NO4/c1-10-6-7-18(9-14(10)19)17(20)16-11(2)13-8-12(21-3)4-5-15(13)22-16/h4-5,8,10,14,19H,6-7,9H2,1-3H3. The molecule has 3 rings (SSSR count). The van der Waals surface area contributed by atoms with Gasteiger partial charge in [0, 0.05) is 24.0 Å². The highest BCUT2D eigenvalue weighted by Crippen LogP contribution is 2.30. The van der Waals surface area contributed by atoms with Gasteiger partial charge in [-0.2, -0.15) is 0 Å². The molecule has 1 N–H and O–H groups in total. The molecule has 1 aromatic heterocycles. The van der Waals surface area contributed by atoms with E-state index in [-0.39, 0.29) is 11.8 Å². The normalized spacial score (nSPS) is 22.1. The van der Waals surface area contributed by atoms with E-state index >= 15 is 0 Å². The average Bonchev–Trinajstić information content (AvgIpc) is 2.85. The third-order valence-corrected chi connectivity index (χ3v) is 4.54. The van der Waals surface area contributed by atoms with Crippen molar-refractivity contribution >= 4 is 16.9 Å². The van der Waals surface area contributed by atoms with Crippen molar-refractivity contribution in [1.29, 1.82) is 0 Å². The van der Waals surface area contributed by atoms with Crippen LogP contribution in [0.1, 0.15) is 29.5 Å². The maximum Gasteiger partial charge on any atom is 0.289 e. The molecule has 22 heavy (non-hydrogen) atoms. The molecule has 0 aliphatic carbocycles. The summed E-state index contributed by atoms with van der Waals surface area (Å²) in [6, 6.07) is 5.50. The van der Waals surface area contributed by atoms with Crippen LogP contribution in [-0.4, -0.2) is 42.2 Å². The molecule has 1 aliphatic rings. The van der Waals surface area contributed by atoms with Gasteiger partial charge in [-0.15, -0.1) is 0 Å². The summed E-state index contributed by atoms with van der Waals surface area (Å²) in [5.41, 5.74) is 1.49. The van der Waals surface area contributed by atoms with E-state index in [4.69, 9.17) is 9.15 Å². The van der Waals surface area contributed by atoms with Gasteiger partial charge in [-0.25, -0.2) is 0 Å². The lowest BCUT2D eigenvalue weighted by Gasteiger charge is -2.33. The molecule has 2 atom stereocenters. The number of fused-ring (bicyclic) bond motifs is 1. The number of rotatable bonds is 2. The Kier molecular flexibility index (Phi) is 3.83. The molecular weight excluding hydrogens is 282 g/mol. The minimum Gasteiger partial charge on any atom is -0.497 e. The number of hydrogen-bond acceptors (Lipinski definition) is 4. The van der Waals surface area contributed by atoms with Crippen molar-refractivity contribution in [3.63, 3.8) is 0 Å². The fraction of sp³-hybridized carbons (Fsp3) is 0.471. The number of aryl methyl sites for hydroxylation is 1. The van der Waals surface area contributed by atoms with Gasteiger partial charge in [0.25, 0.3) is 5.91 Å². The van der Waals surface area contributed by atoms with E-state index < -0.39 is 6.10 Å². The number of carbonyl (C=O) groups is 1. The Morgan fingerprint density at radius 2 is 2.23 bits per heavy atom. The topological polar surface area (TPSA) is 62.9 Å². The van der Waals surface area contributed by atoms with E-state index in [1.54, 1.807) is 12.0 Å². The van der Waals surface area contributed by atoms with Crippen LogP contribution in [0.15, 0.2) is 22.6 Å². The molecule has 2 aromatic rings. The van der Waals surface area contributed by atoms with Crippen LogP contribution >= 0.6 is 0 Å². The highest BCUT2D eigenvalue weighted by molar-refractivity contribution is 5.99. The Balaban J connectivity index is 1.92. The molecule has 2 unspecified atom stereocenters. The quantitative estimate of drug-likeness (QED) is 0.926. The fourth-order valence-corrected chi connectivity index (χ4v) is 2.91. The zero-order chi connectivity index (χ0) is 15.9. The maximum absolute atomic E-state index is 12.7. The first-order chi connectivity index (χ1) is 10.5. The lowest BCUT2D eigenvalue weighted by molar-refractivity contribution is 0.0231. The molecular formula is C17H21NO4. The SMILES string of the molecule is COc1ccc2oc(C(=O)N3CCC(C)C(O)C3)c(C)c2c1. The molecule has 0 radical (unpaired) electrons. The van der Waals surface area contributed by atoms with E-state index in [1.165, 1.54) is 0 Å². The lowest BCUT2D eigenvalue weighted by Crippen LogP contribution is -2.45. The smallest absolute Gasteiger partial charge is 0.289 e. The van der Waals surface area contributed by atoms with Gasteiger partial charge in [0.15, 0.2) is 5.76 Å². The molecule has 1 aliphatic heterocycles. The molecule has 0 spiro atoms. The molecule has 1 saturated heterocycles. The highest BCUT2D eigenvalue weighted by Gasteiger charge is 2.30. The molecule has 1 fully saturated rings. The number of hydrogen-bond donors (Lipinski definition) is 1. The monoisotopic (exact) mass is 303 g/mol. The van der Waals surface area contributed by atoms with Crippen molar-refractivity contribution in [2.75, 3.05) is 20.2 Å². The summed E-state index contributed by atoms with van der Waals surface area (Å²) in [6.07, 6.45) is 0.336. The van der Waals surface area contributed by atoms with E-state index in [2.05, 4.69) is 0 Å². The van der Waals surface area contributed by atoms with Gasteiger partial charge in [-0.1, -0.05) is 6.92 Å². The number of ether oxygens (including phenoxy) is 1. The number of aliphatic hydroxyl groups is 1. The van der Waals surface area contributed by atoms with E-state index in [0.29, 0.717) is 24.4 Å². The number of carbonyl (C=O) groups excluding carboxylic acids is 1. The van der Waals surface area contributed by atoms with Crippen LogP contribution in [0.3, 0.4) is 0 Å². The Morgan fingerprint density at radius 3 is 2.91 bits per heavy atom. The number of amides is 1. The summed E-state index contributed by atoms with van der Waals surface area (Å²) in [5, 5.41) is 10.9. The molecule has 0 bridgehead atoms. The van der Waals surface area contributed by atoms with E-state index in [1.807, 2.05) is 32.0 Å². The number of β-amino-alcohol motifs (C(OH)–C–C–N with tert-alkyl or cyclic N) is 1. The van der Waals surface area contributed by atoms with Gasteiger partial charge < -0.3 is 19.2 Å². The Hall–Kier alpha value is -2.01. The number of aliphatic hydroxyl groups excluding tert-OH is 1. The van der Waals surface area contributed by atoms with Crippen LogP contribution in [0.25, 0.3) is 11.0 Å². The molecule has 5 nitrogen and oxygen atoms in total. The molecule has 1 aromatic carbocycles. The van der Waals surface area contributed by atoms with Crippen LogP contribution in [0.2, 0.25) is 0 Å². The lowest BCUT2D eigenvalue weighted by atomic mass is 9.96. The van der Waals surface area contributed by atoms with Crippen molar-refractivity contribution in [2.24, 2.45) is 5.92 Å². The van der Waals surface area contributed by atoms with E-state index in [9.17, 15) is 9.90 Å². The minimum atomic E-state index is -0.470. The van der Waals surface area contributed by atoms with Crippen molar-refractivity contribution in [3.8, 4) is 5.75 Å². The van der Waals surface area contributed by atoms with Gasteiger partial charge in [0.2, 0.25) is 0 Å². The third kappa shape index (κ3) is 2.46. The van der Waals surface area contributed by atoms with Crippen LogP contribution < -0.4 is 4.74 Å². The summed E-state index contributed by atoms with van der Waals surface area (Å²) >= 11 is 0. The van der Waals surface area contributed by atoms with Crippen LogP contribution in [0.5, 0.6) is 5.75 Å². The summed E-state index contributed by atoms with van der Waals surface area (Å²) < 4.78 is 11.0. The summed E-state index contributed by atoms with van der Waals surface area (Å²) in [4.78, 5) is 14.4. The van der Waals surface area contributed by atoms with Crippen molar-refractivity contribution in [1.82, 2.24) is 4.90 Å². The highest BCUT2D eigenvalue weighted by atomic mass is 16.5. The number of furan rings is 1. The molecule has 118 valence electrons. The number of piperidine rings is 1. The summed E-state index contributed by atoms with van der Waals surface area (Å²) in [7, 11) is 1.61. The minimum absolute atomic E-state index is 0.154. The predicted molar refractivity (Wildman–Crippen MR) is 83.2 cm³/mol. The number of methoxy groups -OCH3 is 1. The molecule has 2 heterocycles. The molecule has 5 heteroatoms. The van der Waals surface area contributed by atoms with Crippen molar-refractivity contribution in [3.05, 3.63) is 29.5 Å².